The summed E-state index contributed by atoms with van der Waals surface area (Å²) in [5.41, 5.74) is 9.35. The predicted octanol–water partition coefficient (Wildman–Crippen LogP) is 2.17. The van der Waals surface area contributed by atoms with E-state index in [0.717, 1.165) is 25.0 Å². The summed E-state index contributed by atoms with van der Waals surface area (Å²) < 4.78 is 1.88. The second-order valence-electron chi connectivity index (χ2n) is 4.08. The van der Waals surface area contributed by atoms with Gasteiger partial charge in [0.2, 0.25) is 0 Å². The quantitative estimate of drug-likeness (QED) is 0.904. The van der Waals surface area contributed by atoms with Gasteiger partial charge < -0.3 is 5.73 Å². The largest absolute Gasteiger partial charge is 0.375 e. The lowest BCUT2D eigenvalue weighted by Gasteiger charge is -1.99. The minimum Gasteiger partial charge on any atom is -0.375 e. The molecule has 5 heteroatoms. The Bertz CT molecular complexity index is 466. The molecule has 0 aliphatic rings. The van der Waals surface area contributed by atoms with Crippen molar-refractivity contribution in [2.75, 3.05) is 5.73 Å². The van der Waals surface area contributed by atoms with Gasteiger partial charge in [0, 0.05) is 24.5 Å². The van der Waals surface area contributed by atoms with Crippen LogP contribution in [0.4, 0.5) is 5.13 Å². The number of anilines is 1. The van der Waals surface area contributed by atoms with Crippen molar-refractivity contribution in [3.63, 3.8) is 0 Å². The fraction of sp³-hybridized carbons (Fsp3) is 0.500. The minimum absolute atomic E-state index is 0.666. The zero-order valence-electron chi connectivity index (χ0n) is 10.5. The van der Waals surface area contributed by atoms with Gasteiger partial charge in [-0.05, 0) is 18.4 Å². The summed E-state index contributed by atoms with van der Waals surface area (Å²) in [5, 5.41) is 5.12. The van der Waals surface area contributed by atoms with Gasteiger partial charge in [0.05, 0.1) is 11.4 Å². The first-order valence-electron chi connectivity index (χ1n) is 5.89. The molecule has 0 saturated heterocycles. The van der Waals surface area contributed by atoms with Crippen molar-refractivity contribution >= 4 is 16.5 Å². The number of rotatable bonds is 4. The van der Waals surface area contributed by atoms with Gasteiger partial charge >= 0.3 is 0 Å². The smallest absolute Gasteiger partial charge is 0.180 e. The zero-order chi connectivity index (χ0) is 12.4. The molecule has 0 aliphatic heterocycles. The van der Waals surface area contributed by atoms with Crippen molar-refractivity contribution in [3.05, 3.63) is 28.0 Å². The molecule has 2 heterocycles. The first kappa shape index (κ1) is 12.1. The molecule has 2 aromatic rings. The summed E-state index contributed by atoms with van der Waals surface area (Å²) in [4.78, 5) is 5.63. The number of hydrogen-bond acceptors (Lipinski definition) is 4. The Morgan fingerprint density at radius 3 is 2.65 bits per heavy atom. The second kappa shape index (κ2) is 4.87. The van der Waals surface area contributed by atoms with E-state index < -0.39 is 0 Å². The molecule has 0 spiro atoms. The highest BCUT2D eigenvalue weighted by molar-refractivity contribution is 7.15. The van der Waals surface area contributed by atoms with Crippen LogP contribution in [0.25, 0.3) is 0 Å². The zero-order valence-corrected chi connectivity index (χ0v) is 11.3. The van der Waals surface area contributed by atoms with E-state index in [-0.39, 0.29) is 0 Å². The third-order valence-electron chi connectivity index (χ3n) is 2.81. The lowest BCUT2D eigenvalue weighted by molar-refractivity contribution is 0.746. The molecule has 4 nitrogen and oxygen atoms in total. The van der Waals surface area contributed by atoms with Gasteiger partial charge in [-0.2, -0.15) is 5.10 Å². The molecule has 0 bridgehead atoms. The number of nitrogens with two attached hydrogens (primary N) is 1. The van der Waals surface area contributed by atoms with Crippen molar-refractivity contribution < 1.29 is 0 Å². The standard InChI is InChI=1S/C12H18N4S/c1-4-9-8(7-16(3)15-9)6-11-10(5-2)14-12(13)17-11/h7H,4-6H2,1-3H3,(H2,13,14). The van der Waals surface area contributed by atoms with Crippen LogP contribution in [0.15, 0.2) is 6.20 Å². The summed E-state index contributed by atoms with van der Waals surface area (Å²) >= 11 is 1.59. The number of aryl methyl sites for hydroxylation is 3. The van der Waals surface area contributed by atoms with Crippen LogP contribution in [-0.2, 0) is 26.3 Å². The van der Waals surface area contributed by atoms with E-state index in [1.807, 2.05) is 11.7 Å². The summed E-state index contributed by atoms with van der Waals surface area (Å²) in [6.45, 7) is 4.25. The number of hydrogen-bond donors (Lipinski definition) is 1. The van der Waals surface area contributed by atoms with Gasteiger partial charge in [-0.1, -0.05) is 13.8 Å². The van der Waals surface area contributed by atoms with Crippen LogP contribution >= 0.6 is 11.3 Å². The number of nitrogens with zero attached hydrogens (tertiary/aromatic N) is 3. The Labute approximate surface area is 105 Å². The van der Waals surface area contributed by atoms with Crippen LogP contribution < -0.4 is 5.73 Å². The highest BCUT2D eigenvalue weighted by atomic mass is 32.1. The van der Waals surface area contributed by atoms with E-state index in [2.05, 4.69) is 30.1 Å². The van der Waals surface area contributed by atoms with Crippen LogP contribution in [0, 0.1) is 0 Å². The average molecular weight is 250 g/mol. The van der Waals surface area contributed by atoms with Gasteiger partial charge in [-0.25, -0.2) is 4.98 Å². The summed E-state index contributed by atoms with van der Waals surface area (Å²) in [7, 11) is 1.96. The van der Waals surface area contributed by atoms with E-state index in [9.17, 15) is 0 Å². The Kier molecular flexibility index (Phi) is 3.47. The Balaban J connectivity index is 2.30. The fourth-order valence-corrected chi connectivity index (χ4v) is 2.96. The summed E-state index contributed by atoms with van der Waals surface area (Å²) in [6, 6.07) is 0. The molecule has 0 radical (unpaired) electrons. The third-order valence-corrected chi connectivity index (χ3v) is 3.73. The van der Waals surface area contributed by atoms with E-state index in [4.69, 9.17) is 5.73 Å². The van der Waals surface area contributed by atoms with E-state index in [1.54, 1.807) is 11.3 Å². The molecule has 92 valence electrons. The molecule has 17 heavy (non-hydrogen) atoms. The monoisotopic (exact) mass is 250 g/mol. The molecule has 0 aliphatic carbocycles. The van der Waals surface area contributed by atoms with Crippen molar-refractivity contribution in [3.8, 4) is 0 Å². The summed E-state index contributed by atoms with van der Waals surface area (Å²) in [6.07, 6.45) is 4.89. The maximum absolute atomic E-state index is 5.77. The average Bonchev–Trinajstić information content (AvgIpc) is 2.82. The van der Waals surface area contributed by atoms with Gasteiger partial charge in [0.1, 0.15) is 0 Å². The molecule has 2 aromatic heterocycles. The van der Waals surface area contributed by atoms with E-state index in [1.165, 1.54) is 16.1 Å². The van der Waals surface area contributed by atoms with Crippen molar-refractivity contribution in [1.29, 1.82) is 0 Å². The highest BCUT2D eigenvalue weighted by Gasteiger charge is 2.12. The third kappa shape index (κ3) is 2.49. The first-order chi connectivity index (χ1) is 8.13. The Hall–Kier alpha value is -1.36. The van der Waals surface area contributed by atoms with Crippen molar-refractivity contribution in [1.82, 2.24) is 14.8 Å². The number of thiazole rings is 1. The molecule has 0 saturated carbocycles. The van der Waals surface area contributed by atoms with Gasteiger partial charge in [0.25, 0.3) is 0 Å². The lowest BCUT2D eigenvalue weighted by atomic mass is 10.1. The van der Waals surface area contributed by atoms with Crippen LogP contribution in [0.5, 0.6) is 0 Å². The SMILES string of the molecule is CCc1nn(C)cc1Cc1sc(N)nc1CC. The maximum atomic E-state index is 5.77. The van der Waals surface area contributed by atoms with Crippen LogP contribution in [0.1, 0.15) is 35.7 Å². The topological polar surface area (TPSA) is 56.7 Å². The molecule has 2 N–H and O–H groups in total. The lowest BCUT2D eigenvalue weighted by Crippen LogP contribution is -1.93. The van der Waals surface area contributed by atoms with Crippen LogP contribution in [-0.4, -0.2) is 14.8 Å². The van der Waals surface area contributed by atoms with Gasteiger partial charge in [-0.3, -0.25) is 4.68 Å². The van der Waals surface area contributed by atoms with Crippen molar-refractivity contribution in [2.24, 2.45) is 7.05 Å². The number of nitrogen functional groups attached to an aromatic ring is 1. The highest BCUT2D eigenvalue weighted by Crippen LogP contribution is 2.25. The molecule has 0 unspecified atom stereocenters. The molecule has 0 fully saturated rings. The Morgan fingerprint density at radius 2 is 2.00 bits per heavy atom. The maximum Gasteiger partial charge on any atom is 0.180 e. The second-order valence-corrected chi connectivity index (χ2v) is 5.20. The first-order valence-corrected chi connectivity index (χ1v) is 6.71. The molecule has 0 amide bonds. The van der Waals surface area contributed by atoms with Gasteiger partial charge in [-0.15, -0.1) is 11.3 Å². The minimum atomic E-state index is 0.666. The molecular formula is C12H18N4S. The predicted molar refractivity (Wildman–Crippen MR) is 71.3 cm³/mol. The fourth-order valence-electron chi connectivity index (χ4n) is 2.02. The molecular weight excluding hydrogens is 232 g/mol. The molecule has 0 atom stereocenters. The van der Waals surface area contributed by atoms with Crippen molar-refractivity contribution in [2.45, 2.75) is 33.1 Å². The van der Waals surface area contributed by atoms with Crippen LogP contribution in [0.3, 0.4) is 0 Å². The summed E-state index contributed by atoms with van der Waals surface area (Å²) in [5.74, 6) is 0. The normalized spacial score (nSPS) is 11.0. The molecule has 2 rings (SSSR count). The van der Waals surface area contributed by atoms with Gasteiger partial charge in [0.15, 0.2) is 5.13 Å². The van der Waals surface area contributed by atoms with E-state index >= 15 is 0 Å². The Morgan fingerprint density at radius 1 is 1.29 bits per heavy atom. The van der Waals surface area contributed by atoms with Crippen LogP contribution in [0.2, 0.25) is 0 Å². The molecule has 0 aromatic carbocycles. The number of aromatic nitrogens is 3. The van der Waals surface area contributed by atoms with E-state index in [0.29, 0.717) is 5.13 Å².